The van der Waals surface area contributed by atoms with Gasteiger partial charge in [0.15, 0.2) is 0 Å². The quantitative estimate of drug-likeness (QED) is 0.790. The first-order chi connectivity index (χ1) is 7.92. The number of nitrogens with zero attached hydrogens (tertiary/aromatic N) is 2. The molecule has 0 atom stereocenters. The Balaban J connectivity index is 2.28. The van der Waals surface area contributed by atoms with Crippen molar-refractivity contribution in [1.29, 1.82) is 0 Å². The van der Waals surface area contributed by atoms with Crippen LogP contribution in [0.25, 0.3) is 0 Å². The van der Waals surface area contributed by atoms with Crippen LogP contribution in [0.15, 0.2) is 0 Å². The Bertz CT molecular complexity index is 250. The second-order valence-corrected chi connectivity index (χ2v) is 4.16. The first-order valence-electron chi connectivity index (χ1n) is 5.69. The zero-order valence-electron chi connectivity index (χ0n) is 9.67. The molecule has 0 aromatic carbocycles. The van der Waals surface area contributed by atoms with Gasteiger partial charge in [0, 0.05) is 32.6 Å². The number of carbonyl (C=O) groups excluding carboxylic acids is 1. The SMILES string of the molecule is NCCCC(=O)N1CCN(CC(F)(F)F)CC1. The van der Waals surface area contributed by atoms with E-state index in [4.69, 9.17) is 5.73 Å². The summed E-state index contributed by atoms with van der Waals surface area (Å²) in [6.07, 6.45) is -3.15. The van der Waals surface area contributed by atoms with E-state index in [1.807, 2.05) is 0 Å². The highest BCUT2D eigenvalue weighted by Crippen LogP contribution is 2.17. The van der Waals surface area contributed by atoms with Gasteiger partial charge in [0.25, 0.3) is 0 Å². The predicted octanol–water partition coefficient (Wildman–Crippen LogP) is 0.432. The van der Waals surface area contributed by atoms with Gasteiger partial charge in [-0.05, 0) is 13.0 Å². The van der Waals surface area contributed by atoms with E-state index in [0.717, 1.165) is 0 Å². The molecular formula is C10H18F3N3O. The standard InChI is InChI=1S/C10H18F3N3O/c11-10(12,13)8-15-4-6-16(7-5-15)9(17)2-1-3-14/h1-8,14H2. The smallest absolute Gasteiger partial charge is 0.340 e. The van der Waals surface area contributed by atoms with Crippen molar-refractivity contribution in [2.45, 2.75) is 19.0 Å². The second-order valence-electron chi connectivity index (χ2n) is 4.16. The van der Waals surface area contributed by atoms with Crippen molar-refractivity contribution < 1.29 is 18.0 Å². The first kappa shape index (κ1) is 14.2. The van der Waals surface area contributed by atoms with E-state index in [0.29, 0.717) is 32.5 Å². The number of piperazine rings is 1. The second kappa shape index (κ2) is 6.20. The van der Waals surface area contributed by atoms with Gasteiger partial charge in [0.2, 0.25) is 5.91 Å². The minimum Gasteiger partial charge on any atom is -0.340 e. The molecule has 0 aliphatic carbocycles. The fourth-order valence-corrected chi connectivity index (χ4v) is 1.82. The maximum atomic E-state index is 12.1. The van der Waals surface area contributed by atoms with E-state index >= 15 is 0 Å². The molecule has 17 heavy (non-hydrogen) atoms. The first-order valence-corrected chi connectivity index (χ1v) is 5.69. The Morgan fingerprint density at radius 2 is 1.76 bits per heavy atom. The molecule has 1 rings (SSSR count). The molecule has 1 fully saturated rings. The maximum Gasteiger partial charge on any atom is 0.401 e. The summed E-state index contributed by atoms with van der Waals surface area (Å²) in [6.45, 7) is 0.887. The van der Waals surface area contributed by atoms with Crippen molar-refractivity contribution >= 4 is 5.91 Å². The third-order valence-corrected chi connectivity index (χ3v) is 2.72. The normalized spacial score (nSPS) is 18.5. The molecule has 2 N–H and O–H groups in total. The third kappa shape index (κ3) is 5.36. The van der Waals surface area contributed by atoms with Gasteiger partial charge in [0.1, 0.15) is 0 Å². The lowest BCUT2D eigenvalue weighted by molar-refractivity contribution is -0.151. The average Bonchev–Trinajstić information content (AvgIpc) is 2.24. The van der Waals surface area contributed by atoms with Crippen LogP contribution in [0.1, 0.15) is 12.8 Å². The van der Waals surface area contributed by atoms with Crippen LogP contribution in [-0.2, 0) is 4.79 Å². The number of nitrogens with two attached hydrogens (primary N) is 1. The number of halogens is 3. The minimum absolute atomic E-state index is 0.0119. The fourth-order valence-electron chi connectivity index (χ4n) is 1.82. The molecule has 7 heteroatoms. The van der Waals surface area contributed by atoms with Gasteiger partial charge in [-0.15, -0.1) is 0 Å². The predicted molar refractivity (Wildman–Crippen MR) is 57.4 cm³/mol. The number of carbonyl (C=O) groups is 1. The van der Waals surface area contributed by atoms with Crippen LogP contribution < -0.4 is 5.73 Å². The van der Waals surface area contributed by atoms with Crippen LogP contribution in [-0.4, -0.2) is 61.2 Å². The molecule has 0 spiro atoms. The summed E-state index contributed by atoms with van der Waals surface area (Å²) in [4.78, 5) is 14.5. The lowest BCUT2D eigenvalue weighted by atomic mass is 10.2. The third-order valence-electron chi connectivity index (χ3n) is 2.72. The summed E-state index contributed by atoms with van der Waals surface area (Å²) >= 11 is 0. The Morgan fingerprint density at radius 3 is 2.24 bits per heavy atom. The Morgan fingerprint density at radius 1 is 1.18 bits per heavy atom. The van der Waals surface area contributed by atoms with Crippen molar-refractivity contribution in [2.24, 2.45) is 5.73 Å². The van der Waals surface area contributed by atoms with Crippen molar-refractivity contribution in [3.63, 3.8) is 0 Å². The molecule has 1 heterocycles. The van der Waals surface area contributed by atoms with Gasteiger partial charge < -0.3 is 10.6 Å². The summed E-state index contributed by atoms with van der Waals surface area (Å²) in [7, 11) is 0. The lowest BCUT2D eigenvalue weighted by Gasteiger charge is -2.35. The zero-order chi connectivity index (χ0) is 12.9. The Hall–Kier alpha value is -0.820. The molecule has 4 nitrogen and oxygen atoms in total. The molecule has 1 saturated heterocycles. The Labute approximate surface area is 98.5 Å². The monoisotopic (exact) mass is 253 g/mol. The van der Waals surface area contributed by atoms with Gasteiger partial charge in [-0.1, -0.05) is 0 Å². The number of alkyl halides is 3. The topological polar surface area (TPSA) is 49.6 Å². The summed E-state index contributed by atoms with van der Waals surface area (Å²) in [6, 6.07) is 0. The van der Waals surface area contributed by atoms with Crippen LogP contribution >= 0.6 is 0 Å². The van der Waals surface area contributed by atoms with E-state index in [9.17, 15) is 18.0 Å². The highest BCUT2D eigenvalue weighted by Gasteiger charge is 2.32. The highest BCUT2D eigenvalue weighted by atomic mass is 19.4. The van der Waals surface area contributed by atoms with Crippen LogP contribution in [0.2, 0.25) is 0 Å². The molecule has 0 saturated carbocycles. The van der Waals surface area contributed by atoms with Gasteiger partial charge in [-0.3, -0.25) is 9.69 Å². The molecule has 1 amide bonds. The number of rotatable bonds is 4. The lowest BCUT2D eigenvalue weighted by Crippen LogP contribution is -2.50. The van der Waals surface area contributed by atoms with E-state index in [1.165, 1.54) is 4.90 Å². The summed E-state index contributed by atoms with van der Waals surface area (Å²) < 4.78 is 36.4. The molecule has 1 aliphatic rings. The van der Waals surface area contributed by atoms with Crippen LogP contribution in [0.3, 0.4) is 0 Å². The van der Waals surface area contributed by atoms with E-state index in [-0.39, 0.29) is 19.0 Å². The van der Waals surface area contributed by atoms with Crippen LogP contribution in [0.5, 0.6) is 0 Å². The molecule has 1 aliphatic heterocycles. The van der Waals surface area contributed by atoms with Crippen molar-refractivity contribution in [1.82, 2.24) is 9.80 Å². The van der Waals surface area contributed by atoms with Crippen molar-refractivity contribution in [3.8, 4) is 0 Å². The zero-order valence-corrected chi connectivity index (χ0v) is 9.67. The molecule has 0 unspecified atom stereocenters. The van der Waals surface area contributed by atoms with Crippen LogP contribution in [0.4, 0.5) is 13.2 Å². The van der Waals surface area contributed by atoms with Crippen molar-refractivity contribution in [2.75, 3.05) is 39.3 Å². The molecule has 0 bridgehead atoms. The molecular weight excluding hydrogens is 235 g/mol. The molecule has 0 aromatic rings. The molecule has 0 radical (unpaired) electrons. The average molecular weight is 253 g/mol. The van der Waals surface area contributed by atoms with Gasteiger partial charge in [-0.2, -0.15) is 13.2 Å². The van der Waals surface area contributed by atoms with Gasteiger partial charge in [0.05, 0.1) is 6.54 Å². The summed E-state index contributed by atoms with van der Waals surface area (Å²) in [5, 5.41) is 0. The number of hydrogen-bond donors (Lipinski definition) is 1. The highest BCUT2D eigenvalue weighted by molar-refractivity contribution is 5.76. The number of amides is 1. The Kier molecular flexibility index (Phi) is 5.20. The fraction of sp³-hybridized carbons (Fsp3) is 0.900. The minimum atomic E-state index is -4.16. The van der Waals surface area contributed by atoms with E-state index in [1.54, 1.807) is 4.90 Å². The van der Waals surface area contributed by atoms with E-state index < -0.39 is 12.7 Å². The molecule has 0 aromatic heterocycles. The van der Waals surface area contributed by atoms with Crippen LogP contribution in [0, 0.1) is 0 Å². The van der Waals surface area contributed by atoms with Gasteiger partial charge in [-0.25, -0.2) is 0 Å². The molecule has 100 valence electrons. The van der Waals surface area contributed by atoms with E-state index in [2.05, 4.69) is 0 Å². The number of hydrogen-bond acceptors (Lipinski definition) is 3. The van der Waals surface area contributed by atoms with Crippen molar-refractivity contribution in [3.05, 3.63) is 0 Å². The summed E-state index contributed by atoms with van der Waals surface area (Å²) in [5.74, 6) is -0.0119. The largest absolute Gasteiger partial charge is 0.401 e. The summed E-state index contributed by atoms with van der Waals surface area (Å²) in [5.41, 5.74) is 5.29. The maximum absolute atomic E-state index is 12.1. The van der Waals surface area contributed by atoms with Gasteiger partial charge >= 0.3 is 6.18 Å².